The van der Waals surface area contributed by atoms with Crippen LogP contribution in [0.4, 0.5) is 17.5 Å². The first-order chi connectivity index (χ1) is 11.4. The number of hydrogen-bond acceptors (Lipinski definition) is 9. The van der Waals surface area contributed by atoms with Gasteiger partial charge in [0.2, 0.25) is 0 Å². The van der Waals surface area contributed by atoms with Crippen LogP contribution in [0.2, 0.25) is 0 Å². The summed E-state index contributed by atoms with van der Waals surface area (Å²) in [6.07, 6.45) is 3.91. The number of aromatic nitrogens is 6. The first-order valence-electron chi connectivity index (χ1n) is 6.52. The van der Waals surface area contributed by atoms with Crippen LogP contribution in [0.25, 0.3) is 0 Å². The Morgan fingerprint density at radius 3 is 1.88 bits per heavy atom. The van der Waals surface area contributed by atoms with Gasteiger partial charge in [-0.2, -0.15) is 24.3 Å². The number of nitrogens with one attached hydrogen (secondary N) is 1. The molecule has 0 spiro atoms. The highest BCUT2D eigenvalue weighted by Crippen LogP contribution is 1.98. The quantitative estimate of drug-likeness (QED) is 0.478. The van der Waals surface area contributed by atoms with Crippen molar-refractivity contribution in [2.24, 2.45) is 0 Å². The van der Waals surface area contributed by atoms with Crippen molar-refractivity contribution < 1.29 is 0 Å². The van der Waals surface area contributed by atoms with Crippen molar-refractivity contribution in [3.8, 4) is 0 Å². The van der Waals surface area contributed by atoms with Crippen molar-refractivity contribution >= 4 is 17.5 Å². The Kier molecular flexibility index (Phi) is 3.54. The Labute approximate surface area is 132 Å². The molecule has 0 bridgehead atoms. The van der Waals surface area contributed by atoms with Gasteiger partial charge in [-0.25, -0.2) is 19.1 Å². The Morgan fingerprint density at radius 2 is 1.29 bits per heavy atom. The number of nitrogen functional groups attached to an aromatic ring is 2. The first kappa shape index (κ1) is 15.0. The summed E-state index contributed by atoms with van der Waals surface area (Å²) in [4.78, 5) is 46.2. The highest BCUT2D eigenvalue weighted by molar-refractivity contribution is 5.32. The van der Waals surface area contributed by atoms with Crippen LogP contribution in [0.1, 0.15) is 0 Å². The molecule has 0 saturated heterocycles. The van der Waals surface area contributed by atoms with E-state index in [9.17, 15) is 14.4 Å². The molecule has 12 heteroatoms. The molecule has 0 saturated carbocycles. The molecule has 24 heavy (non-hydrogen) atoms. The molecular formula is C12H11N9O3. The lowest BCUT2D eigenvalue weighted by molar-refractivity contribution is 0.572. The minimum atomic E-state index is -0.773. The van der Waals surface area contributed by atoms with Crippen molar-refractivity contribution in [2.75, 3.05) is 16.9 Å². The third-order valence-electron chi connectivity index (χ3n) is 2.89. The van der Waals surface area contributed by atoms with Crippen LogP contribution in [-0.4, -0.2) is 29.0 Å². The third kappa shape index (κ3) is 2.83. The predicted octanol–water partition coefficient (Wildman–Crippen LogP) is -2.29. The van der Waals surface area contributed by atoms with Crippen LogP contribution in [0.5, 0.6) is 0 Å². The standard InChI is InChI=1S/C12H11N9O3/c13-7-1-4-19(10(22)15-7)18-9-3-6-21(12(24)17-9)20-5-2-8(14)16-11(20)23/h1-6H,(H2,13,15,22)(H2,14,16,23)(H,17,18,24). The summed E-state index contributed by atoms with van der Waals surface area (Å²) in [5, 5.41) is 0. The van der Waals surface area contributed by atoms with Crippen molar-refractivity contribution in [3.05, 3.63) is 68.2 Å². The van der Waals surface area contributed by atoms with Gasteiger partial charge < -0.3 is 11.5 Å². The van der Waals surface area contributed by atoms with Crippen LogP contribution in [0.15, 0.2) is 51.2 Å². The molecule has 3 heterocycles. The molecule has 0 fully saturated rings. The van der Waals surface area contributed by atoms with E-state index in [1.54, 1.807) is 0 Å². The number of nitrogens with zero attached hydrogens (tertiary/aromatic N) is 6. The Hall–Kier alpha value is -3.96. The summed E-state index contributed by atoms with van der Waals surface area (Å²) >= 11 is 0. The van der Waals surface area contributed by atoms with Crippen LogP contribution >= 0.6 is 0 Å². The van der Waals surface area contributed by atoms with Gasteiger partial charge in [0.1, 0.15) is 11.6 Å². The molecule has 3 aromatic heterocycles. The zero-order chi connectivity index (χ0) is 17.3. The fourth-order valence-electron chi connectivity index (χ4n) is 1.82. The van der Waals surface area contributed by atoms with Gasteiger partial charge in [0.05, 0.1) is 0 Å². The van der Waals surface area contributed by atoms with Crippen LogP contribution in [0, 0.1) is 0 Å². The Morgan fingerprint density at radius 1 is 0.750 bits per heavy atom. The number of nitrogens with two attached hydrogens (primary N) is 2. The number of hydrogen-bond donors (Lipinski definition) is 3. The van der Waals surface area contributed by atoms with Gasteiger partial charge in [-0.15, -0.1) is 0 Å². The SMILES string of the molecule is Nc1ccn(Nc2ccn(-n3ccc(N)nc3=O)c(=O)n2)c(=O)n1. The Bertz CT molecular complexity index is 1080. The largest absolute Gasteiger partial charge is 0.383 e. The molecule has 0 aliphatic heterocycles. The van der Waals surface area contributed by atoms with E-state index in [1.807, 2.05) is 0 Å². The zero-order valence-electron chi connectivity index (χ0n) is 12.0. The number of anilines is 3. The predicted molar refractivity (Wildman–Crippen MR) is 84.1 cm³/mol. The second kappa shape index (κ2) is 5.68. The smallest absolute Gasteiger partial charge is 0.369 e. The lowest BCUT2D eigenvalue weighted by atomic mass is 10.6. The summed E-state index contributed by atoms with van der Waals surface area (Å²) < 4.78 is 2.87. The van der Waals surface area contributed by atoms with Gasteiger partial charge in [-0.1, -0.05) is 0 Å². The molecule has 0 aliphatic carbocycles. The highest BCUT2D eigenvalue weighted by Gasteiger charge is 2.06. The van der Waals surface area contributed by atoms with Crippen LogP contribution in [0.3, 0.4) is 0 Å². The van der Waals surface area contributed by atoms with E-state index in [1.165, 1.54) is 36.8 Å². The van der Waals surface area contributed by atoms with E-state index in [0.717, 1.165) is 14.0 Å². The molecule has 3 rings (SSSR count). The van der Waals surface area contributed by atoms with Crippen LogP contribution in [-0.2, 0) is 0 Å². The lowest BCUT2D eigenvalue weighted by Crippen LogP contribution is -2.37. The van der Waals surface area contributed by atoms with E-state index in [0.29, 0.717) is 0 Å². The van der Waals surface area contributed by atoms with E-state index in [4.69, 9.17) is 11.5 Å². The molecule has 5 N–H and O–H groups in total. The average Bonchev–Trinajstić information content (AvgIpc) is 2.51. The molecule has 0 aromatic carbocycles. The summed E-state index contributed by atoms with van der Waals surface area (Å²) in [6.45, 7) is 0. The minimum Gasteiger partial charge on any atom is -0.383 e. The maximum Gasteiger partial charge on any atom is 0.369 e. The molecule has 0 aliphatic rings. The summed E-state index contributed by atoms with van der Waals surface area (Å²) in [6, 6.07) is 4.14. The van der Waals surface area contributed by atoms with Crippen LogP contribution < -0.4 is 34.0 Å². The van der Waals surface area contributed by atoms with Gasteiger partial charge in [-0.05, 0) is 12.1 Å². The van der Waals surface area contributed by atoms with Gasteiger partial charge in [0.25, 0.3) is 0 Å². The number of rotatable bonds is 3. The molecule has 0 atom stereocenters. The molecule has 122 valence electrons. The maximum absolute atomic E-state index is 12.1. The van der Waals surface area contributed by atoms with Gasteiger partial charge in [0.15, 0.2) is 5.82 Å². The summed E-state index contributed by atoms with van der Waals surface area (Å²) in [7, 11) is 0. The van der Waals surface area contributed by atoms with Gasteiger partial charge in [0, 0.05) is 24.7 Å². The molecular weight excluding hydrogens is 318 g/mol. The summed E-state index contributed by atoms with van der Waals surface area (Å²) in [5.41, 5.74) is 11.2. The summed E-state index contributed by atoms with van der Waals surface area (Å²) in [5.74, 6) is 0.170. The second-order valence-electron chi connectivity index (χ2n) is 4.54. The second-order valence-corrected chi connectivity index (χ2v) is 4.54. The van der Waals surface area contributed by atoms with Gasteiger partial charge in [-0.3, -0.25) is 5.43 Å². The van der Waals surface area contributed by atoms with Crippen molar-refractivity contribution in [1.82, 2.24) is 29.0 Å². The third-order valence-corrected chi connectivity index (χ3v) is 2.89. The first-order valence-corrected chi connectivity index (χ1v) is 6.52. The van der Waals surface area contributed by atoms with Gasteiger partial charge >= 0.3 is 17.1 Å². The van der Waals surface area contributed by atoms with E-state index in [-0.39, 0.29) is 17.5 Å². The fraction of sp³-hybridized carbons (Fsp3) is 0. The normalized spacial score (nSPS) is 10.5. The van der Waals surface area contributed by atoms with E-state index >= 15 is 0 Å². The average molecular weight is 329 g/mol. The molecule has 12 nitrogen and oxygen atoms in total. The molecule has 3 aromatic rings. The van der Waals surface area contributed by atoms with Crippen molar-refractivity contribution in [1.29, 1.82) is 0 Å². The zero-order valence-corrected chi connectivity index (χ0v) is 12.0. The topological polar surface area (TPSA) is 169 Å². The Balaban J connectivity index is 1.97. The highest BCUT2D eigenvalue weighted by atomic mass is 16.2. The minimum absolute atomic E-state index is 0.0331. The molecule has 0 radical (unpaired) electrons. The molecule has 0 unspecified atom stereocenters. The molecule has 0 amide bonds. The van der Waals surface area contributed by atoms with E-state index < -0.39 is 17.1 Å². The van der Waals surface area contributed by atoms with E-state index in [2.05, 4.69) is 20.4 Å². The monoisotopic (exact) mass is 329 g/mol. The fourth-order valence-corrected chi connectivity index (χ4v) is 1.82. The lowest BCUT2D eigenvalue weighted by Gasteiger charge is -2.10. The van der Waals surface area contributed by atoms with Crippen molar-refractivity contribution in [3.63, 3.8) is 0 Å². The van der Waals surface area contributed by atoms with Crippen molar-refractivity contribution in [2.45, 2.75) is 0 Å². The maximum atomic E-state index is 12.1.